The Labute approximate surface area is 197 Å². The number of pyridine rings is 2. The summed E-state index contributed by atoms with van der Waals surface area (Å²) < 4.78 is 13.6. The van der Waals surface area contributed by atoms with Gasteiger partial charge in [0, 0.05) is 55.8 Å². The van der Waals surface area contributed by atoms with Crippen molar-refractivity contribution in [1.29, 1.82) is 0 Å². The largest absolute Gasteiger partial charge is 0.368 e. The van der Waals surface area contributed by atoms with Crippen LogP contribution < -0.4 is 15.8 Å². The number of amides is 1. The average Bonchev–Trinajstić information content (AvgIpc) is 3.44. The fourth-order valence-corrected chi connectivity index (χ4v) is 6.17. The number of rotatable bonds is 4. The van der Waals surface area contributed by atoms with Gasteiger partial charge < -0.3 is 15.2 Å². The molecule has 3 aliphatic rings. The number of carbonyl (C=O) groups is 1. The Kier molecular flexibility index (Phi) is 4.95. The summed E-state index contributed by atoms with van der Waals surface area (Å²) in [5.41, 5.74) is 2.36. The van der Waals surface area contributed by atoms with E-state index < -0.39 is 0 Å². The number of aromatic amines is 1. The second-order valence-corrected chi connectivity index (χ2v) is 9.90. The molecule has 1 amide bonds. The monoisotopic (exact) mass is 461 g/mol. The number of hydrogen-bond acceptors (Lipinski definition) is 5. The number of fused-ring (bicyclic) bond motifs is 2. The van der Waals surface area contributed by atoms with Crippen LogP contribution >= 0.6 is 0 Å². The van der Waals surface area contributed by atoms with Crippen molar-refractivity contribution < 1.29 is 9.18 Å². The number of piperazine rings is 1. The van der Waals surface area contributed by atoms with Crippen LogP contribution in [0.4, 0.5) is 10.1 Å². The Morgan fingerprint density at radius 2 is 1.97 bits per heavy atom. The first-order chi connectivity index (χ1) is 16.5. The highest BCUT2D eigenvalue weighted by Gasteiger charge is 2.62. The highest BCUT2D eigenvalue weighted by atomic mass is 19.1. The van der Waals surface area contributed by atoms with Crippen molar-refractivity contribution in [3.05, 3.63) is 70.2 Å². The van der Waals surface area contributed by atoms with Crippen molar-refractivity contribution >= 4 is 22.4 Å². The molecule has 2 aromatic heterocycles. The number of benzene rings is 1. The number of nitrogens with one attached hydrogen (secondary N) is 2. The van der Waals surface area contributed by atoms with Crippen molar-refractivity contribution in [3.63, 3.8) is 0 Å². The third-order valence-electron chi connectivity index (χ3n) is 8.14. The van der Waals surface area contributed by atoms with E-state index in [9.17, 15) is 14.0 Å². The van der Waals surface area contributed by atoms with E-state index in [0.29, 0.717) is 23.0 Å². The van der Waals surface area contributed by atoms with E-state index in [4.69, 9.17) is 0 Å². The van der Waals surface area contributed by atoms with E-state index in [1.165, 1.54) is 12.1 Å². The maximum atomic E-state index is 13.6. The molecule has 8 heteroatoms. The molecule has 3 atom stereocenters. The molecule has 0 spiro atoms. The van der Waals surface area contributed by atoms with E-state index >= 15 is 0 Å². The molecule has 1 aromatic carbocycles. The number of anilines is 1. The molecule has 7 nitrogen and oxygen atoms in total. The van der Waals surface area contributed by atoms with E-state index in [2.05, 4.69) is 31.2 Å². The minimum absolute atomic E-state index is 0.0587. The van der Waals surface area contributed by atoms with E-state index in [1.54, 1.807) is 25.4 Å². The van der Waals surface area contributed by atoms with Crippen LogP contribution in [0, 0.1) is 11.7 Å². The highest BCUT2D eigenvalue weighted by molar-refractivity contribution is 5.92. The van der Waals surface area contributed by atoms with E-state index in [1.807, 2.05) is 6.07 Å². The first-order valence-electron chi connectivity index (χ1n) is 12.0. The quantitative estimate of drug-likeness (QED) is 0.625. The van der Waals surface area contributed by atoms with Gasteiger partial charge in [-0.15, -0.1) is 0 Å². The lowest BCUT2D eigenvalue weighted by molar-refractivity contribution is 0.0958. The van der Waals surface area contributed by atoms with E-state index in [0.717, 1.165) is 62.2 Å². The topological polar surface area (TPSA) is 81.3 Å². The molecule has 0 bridgehead atoms. The second kappa shape index (κ2) is 7.91. The summed E-state index contributed by atoms with van der Waals surface area (Å²) in [6, 6.07) is 10.8. The predicted molar refractivity (Wildman–Crippen MR) is 129 cm³/mol. The Bertz CT molecular complexity index is 1320. The lowest BCUT2D eigenvalue weighted by Crippen LogP contribution is -2.50. The summed E-state index contributed by atoms with van der Waals surface area (Å²) in [5.74, 6) is 0.0435. The summed E-state index contributed by atoms with van der Waals surface area (Å²) in [5, 5.41) is 3.83. The summed E-state index contributed by atoms with van der Waals surface area (Å²) >= 11 is 0. The van der Waals surface area contributed by atoms with Crippen molar-refractivity contribution in [2.45, 2.75) is 30.7 Å². The summed E-state index contributed by atoms with van der Waals surface area (Å²) in [7, 11) is 1.60. The fraction of sp³-hybridized carbons (Fsp3) is 0.423. The zero-order valence-electron chi connectivity index (χ0n) is 19.2. The molecular formula is C26H28FN5O2. The molecule has 2 saturated carbocycles. The first kappa shape index (κ1) is 21.3. The minimum Gasteiger partial charge on any atom is -0.368 e. The number of halogens is 1. The molecule has 3 unspecified atom stereocenters. The van der Waals surface area contributed by atoms with Crippen LogP contribution in [0.15, 0.2) is 47.4 Å². The SMILES string of the molecule is CNC(=O)c1ccc(N2CCN(C3CC4CC4(c4cc5ccc(F)cc5c(=O)[nH]4)C3)CC2)cn1. The molecule has 1 aliphatic heterocycles. The molecule has 34 heavy (non-hydrogen) atoms. The van der Waals surface area contributed by atoms with Crippen molar-refractivity contribution in [1.82, 2.24) is 20.2 Å². The summed E-state index contributed by atoms with van der Waals surface area (Å²) in [6.45, 7) is 3.82. The van der Waals surface area contributed by atoms with Gasteiger partial charge in [0.25, 0.3) is 11.5 Å². The van der Waals surface area contributed by atoms with Gasteiger partial charge in [0.1, 0.15) is 11.5 Å². The molecule has 1 saturated heterocycles. The van der Waals surface area contributed by atoms with Gasteiger partial charge in [-0.2, -0.15) is 0 Å². The van der Waals surface area contributed by atoms with E-state index in [-0.39, 0.29) is 22.7 Å². The van der Waals surface area contributed by atoms with Crippen molar-refractivity contribution in [2.75, 3.05) is 38.1 Å². The number of nitrogens with zero attached hydrogens (tertiary/aromatic N) is 3. The normalized spacial score (nSPS) is 26.5. The molecule has 2 aliphatic carbocycles. The molecule has 0 radical (unpaired) electrons. The smallest absolute Gasteiger partial charge is 0.269 e. The van der Waals surface area contributed by atoms with Crippen LogP contribution in [0.5, 0.6) is 0 Å². The van der Waals surface area contributed by atoms with Crippen LogP contribution in [0.1, 0.15) is 35.4 Å². The maximum Gasteiger partial charge on any atom is 0.269 e. The van der Waals surface area contributed by atoms with Crippen LogP contribution in [0.25, 0.3) is 10.8 Å². The second-order valence-electron chi connectivity index (χ2n) is 9.90. The van der Waals surface area contributed by atoms with Gasteiger partial charge in [-0.1, -0.05) is 6.07 Å². The van der Waals surface area contributed by atoms with Crippen LogP contribution in [0.2, 0.25) is 0 Å². The average molecular weight is 462 g/mol. The molecule has 3 fully saturated rings. The third-order valence-corrected chi connectivity index (χ3v) is 8.14. The predicted octanol–water partition coefficient (Wildman–Crippen LogP) is 2.66. The highest BCUT2D eigenvalue weighted by Crippen LogP contribution is 2.64. The zero-order chi connectivity index (χ0) is 23.4. The maximum absolute atomic E-state index is 13.6. The summed E-state index contributed by atoms with van der Waals surface area (Å²) in [4.78, 5) is 36.6. The van der Waals surface area contributed by atoms with Gasteiger partial charge >= 0.3 is 0 Å². The standard InChI is InChI=1S/C26H28FN5O2/c1-28-25(34)22-5-4-19(15-29-22)31-6-8-32(9-7-31)20-11-17-13-26(17,14-20)23-10-16-2-3-18(27)12-21(16)24(33)30-23/h2-5,10,12,15,17,20H,6-9,11,13-14H2,1H3,(H,28,34)(H,30,33). The number of carbonyl (C=O) groups excluding carboxylic acids is 1. The number of hydrogen-bond donors (Lipinski definition) is 2. The van der Waals surface area contributed by atoms with Crippen molar-refractivity contribution in [2.24, 2.45) is 5.92 Å². The Morgan fingerprint density at radius 3 is 2.71 bits per heavy atom. The number of H-pyrrole nitrogens is 1. The van der Waals surface area contributed by atoms with Crippen molar-refractivity contribution in [3.8, 4) is 0 Å². The molecule has 3 heterocycles. The van der Waals surface area contributed by atoms with Gasteiger partial charge in [0.05, 0.1) is 11.9 Å². The Hall–Kier alpha value is -3.26. The molecule has 3 aromatic rings. The third kappa shape index (κ3) is 3.48. The lowest BCUT2D eigenvalue weighted by Gasteiger charge is -2.39. The Balaban J connectivity index is 1.12. The summed E-state index contributed by atoms with van der Waals surface area (Å²) in [6.07, 6.45) is 5.12. The van der Waals surface area contributed by atoms with Gasteiger partial charge in [-0.05, 0) is 60.9 Å². The van der Waals surface area contributed by atoms with Crippen LogP contribution in [-0.4, -0.2) is 60.0 Å². The Morgan fingerprint density at radius 1 is 1.15 bits per heavy atom. The minimum atomic E-state index is -0.383. The molecule has 176 valence electrons. The number of aromatic nitrogens is 2. The first-order valence-corrected chi connectivity index (χ1v) is 12.0. The van der Waals surface area contributed by atoms with Gasteiger partial charge in [0.2, 0.25) is 0 Å². The zero-order valence-corrected chi connectivity index (χ0v) is 19.2. The van der Waals surface area contributed by atoms with Gasteiger partial charge in [-0.25, -0.2) is 9.37 Å². The van der Waals surface area contributed by atoms with Crippen LogP contribution in [0.3, 0.4) is 0 Å². The molecular weight excluding hydrogens is 433 g/mol. The lowest BCUT2D eigenvalue weighted by atomic mass is 9.95. The molecule has 6 rings (SSSR count). The van der Waals surface area contributed by atoms with Gasteiger partial charge in [-0.3, -0.25) is 14.5 Å². The van der Waals surface area contributed by atoms with Gasteiger partial charge in [0.15, 0.2) is 0 Å². The molecule has 2 N–H and O–H groups in total. The van der Waals surface area contributed by atoms with Crippen LogP contribution in [-0.2, 0) is 5.41 Å². The fourth-order valence-electron chi connectivity index (χ4n) is 6.17.